The summed E-state index contributed by atoms with van der Waals surface area (Å²) in [5, 5.41) is 0. The molecule has 2 unspecified atom stereocenters. The van der Waals surface area contributed by atoms with Crippen LogP contribution in [0.2, 0.25) is 0 Å². The Morgan fingerprint density at radius 3 is 2.30 bits per heavy atom. The maximum absolute atomic E-state index is 13.9. The largest absolute Gasteiger partial charge is 0.430 e. The molecule has 0 amide bonds. The second-order valence-corrected chi connectivity index (χ2v) is 5.18. The van der Waals surface area contributed by atoms with Crippen molar-refractivity contribution < 1.29 is 27.0 Å². The topological polar surface area (TPSA) is 18.5 Å². The van der Waals surface area contributed by atoms with Gasteiger partial charge in [-0.3, -0.25) is 0 Å². The molecule has 1 aromatic rings. The Morgan fingerprint density at radius 2 is 1.80 bits per heavy atom. The highest BCUT2D eigenvalue weighted by molar-refractivity contribution is 5.30. The van der Waals surface area contributed by atoms with Crippen molar-refractivity contribution in [1.82, 2.24) is 0 Å². The van der Waals surface area contributed by atoms with Crippen LogP contribution in [0.3, 0.4) is 0 Å². The second kappa shape index (κ2) is 5.60. The molecule has 2 nitrogen and oxygen atoms in total. The molecular weight excluding hydrogens is 276 g/mol. The molecule has 2 atom stereocenters. The number of hydrogen-bond acceptors (Lipinski definition) is 2. The van der Waals surface area contributed by atoms with Gasteiger partial charge >= 0.3 is 6.11 Å². The van der Waals surface area contributed by atoms with Crippen LogP contribution in [0.25, 0.3) is 0 Å². The summed E-state index contributed by atoms with van der Waals surface area (Å²) < 4.78 is 63.9. The molecule has 1 saturated heterocycles. The Kier molecular flexibility index (Phi) is 4.22. The zero-order chi connectivity index (χ0) is 14.9. The van der Waals surface area contributed by atoms with Crippen molar-refractivity contribution in [2.75, 3.05) is 6.61 Å². The lowest BCUT2D eigenvalue weighted by Crippen LogP contribution is -2.44. The Labute approximate surface area is 114 Å². The molecule has 2 rings (SSSR count). The van der Waals surface area contributed by atoms with E-state index in [1.807, 2.05) is 6.92 Å². The van der Waals surface area contributed by atoms with Gasteiger partial charge < -0.3 is 9.47 Å². The van der Waals surface area contributed by atoms with Gasteiger partial charge in [-0.2, -0.15) is 8.78 Å². The van der Waals surface area contributed by atoms with Gasteiger partial charge in [0, 0.05) is 17.7 Å². The first-order chi connectivity index (χ1) is 9.29. The highest BCUT2D eigenvalue weighted by Crippen LogP contribution is 2.33. The smallest absolute Gasteiger partial charge is 0.424 e. The fourth-order valence-corrected chi connectivity index (χ4v) is 2.05. The number of ether oxygens (including phenoxy) is 2. The molecule has 1 aromatic carbocycles. The highest BCUT2D eigenvalue weighted by Gasteiger charge is 2.45. The Bertz CT molecular complexity index is 459. The predicted octanol–water partition coefficient (Wildman–Crippen LogP) is 4.06. The summed E-state index contributed by atoms with van der Waals surface area (Å²) in [6, 6.07) is 1.50. The molecule has 0 bridgehead atoms. The quantitative estimate of drug-likeness (QED) is 0.782. The molecule has 6 heteroatoms. The minimum atomic E-state index is -3.62. The van der Waals surface area contributed by atoms with E-state index in [1.54, 1.807) is 0 Å². The first kappa shape index (κ1) is 15.1. The van der Waals surface area contributed by atoms with E-state index in [2.05, 4.69) is 4.74 Å². The van der Waals surface area contributed by atoms with Gasteiger partial charge in [0.2, 0.25) is 0 Å². The van der Waals surface area contributed by atoms with Gasteiger partial charge in [-0.25, -0.2) is 8.78 Å². The van der Waals surface area contributed by atoms with Crippen molar-refractivity contribution in [3.8, 4) is 5.75 Å². The monoisotopic (exact) mass is 292 g/mol. The van der Waals surface area contributed by atoms with E-state index in [1.165, 1.54) is 6.92 Å². The standard InChI is InChI=1S/C14H16F4O2/c1-8-3-4-13(19-7-8)14(17,18)20-10-5-11(15)9(2)12(16)6-10/h5-6,8,13H,3-4,7H2,1-2H3. The SMILES string of the molecule is Cc1c(F)cc(OC(F)(F)C2CCC(C)CO2)cc1F. The van der Waals surface area contributed by atoms with Crippen molar-refractivity contribution in [1.29, 1.82) is 0 Å². The Balaban J connectivity index is 2.11. The van der Waals surface area contributed by atoms with Crippen LogP contribution in [0.1, 0.15) is 25.3 Å². The van der Waals surface area contributed by atoms with Crippen molar-refractivity contribution in [3.63, 3.8) is 0 Å². The third-order valence-electron chi connectivity index (χ3n) is 3.39. The molecule has 0 spiro atoms. The van der Waals surface area contributed by atoms with E-state index >= 15 is 0 Å². The summed E-state index contributed by atoms with van der Waals surface area (Å²) in [6.45, 7) is 3.35. The van der Waals surface area contributed by atoms with E-state index in [-0.39, 0.29) is 24.5 Å². The van der Waals surface area contributed by atoms with E-state index in [0.717, 1.165) is 12.1 Å². The van der Waals surface area contributed by atoms with Crippen LogP contribution in [0, 0.1) is 24.5 Å². The van der Waals surface area contributed by atoms with Crippen molar-refractivity contribution in [3.05, 3.63) is 29.3 Å². The molecule has 0 aromatic heterocycles. The summed E-state index contributed by atoms with van der Waals surface area (Å²) >= 11 is 0. The average molecular weight is 292 g/mol. The molecule has 0 radical (unpaired) electrons. The van der Waals surface area contributed by atoms with Crippen molar-refractivity contribution >= 4 is 0 Å². The summed E-state index contributed by atoms with van der Waals surface area (Å²) in [5.41, 5.74) is -0.233. The molecule has 0 aliphatic carbocycles. The van der Waals surface area contributed by atoms with Crippen molar-refractivity contribution in [2.45, 2.75) is 38.9 Å². The van der Waals surface area contributed by atoms with E-state index < -0.39 is 29.6 Å². The molecule has 1 aliphatic rings. The maximum Gasteiger partial charge on any atom is 0.424 e. The third kappa shape index (κ3) is 3.23. The van der Waals surface area contributed by atoms with Gasteiger partial charge in [0.1, 0.15) is 17.4 Å². The molecule has 0 N–H and O–H groups in total. The van der Waals surface area contributed by atoms with Crippen LogP contribution < -0.4 is 4.74 Å². The van der Waals surface area contributed by atoms with Crippen LogP contribution in [-0.2, 0) is 4.74 Å². The molecule has 20 heavy (non-hydrogen) atoms. The lowest BCUT2D eigenvalue weighted by atomic mass is 10.00. The number of benzene rings is 1. The highest BCUT2D eigenvalue weighted by atomic mass is 19.3. The van der Waals surface area contributed by atoms with Crippen molar-refractivity contribution in [2.24, 2.45) is 5.92 Å². The van der Waals surface area contributed by atoms with Gasteiger partial charge in [-0.15, -0.1) is 0 Å². The fraction of sp³-hybridized carbons (Fsp3) is 0.571. The summed E-state index contributed by atoms with van der Waals surface area (Å²) in [7, 11) is 0. The first-order valence-electron chi connectivity index (χ1n) is 6.43. The number of halogens is 4. The van der Waals surface area contributed by atoms with Crippen LogP contribution in [0.5, 0.6) is 5.75 Å². The molecule has 1 heterocycles. The average Bonchev–Trinajstić information content (AvgIpc) is 2.36. The summed E-state index contributed by atoms with van der Waals surface area (Å²) in [5.74, 6) is -2.17. The summed E-state index contributed by atoms with van der Waals surface area (Å²) in [4.78, 5) is 0. The van der Waals surface area contributed by atoms with Gasteiger partial charge in [-0.05, 0) is 25.7 Å². The molecular formula is C14H16F4O2. The predicted molar refractivity (Wildman–Crippen MR) is 64.8 cm³/mol. The maximum atomic E-state index is 13.9. The third-order valence-corrected chi connectivity index (χ3v) is 3.39. The molecule has 112 valence electrons. The number of alkyl halides is 2. The zero-order valence-corrected chi connectivity index (χ0v) is 11.3. The molecule has 0 saturated carbocycles. The molecule has 1 fully saturated rings. The minimum Gasteiger partial charge on any atom is -0.430 e. The van der Waals surface area contributed by atoms with Gasteiger partial charge in [-0.1, -0.05) is 6.92 Å². The van der Waals surface area contributed by atoms with E-state index in [9.17, 15) is 17.6 Å². The second-order valence-electron chi connectivity index (χ2n) is 5.18. The Hall–Kier alpha value is -1.30. The summed E-state index contributed by atoms with van der Waals surface area (Å²) in [6.07, 6.45) is -4.27. The normalized spacial score (nSPS) is 23.7. The van der Waals surface area contributed by atoms with Gasteiger partial charge in [0.15, 0.2) is 6.10 Å². The van der Waals surface area contributed by atoms with Crippen LogP contribution in [0.15, 0.2) is 12.1 Å². The van der Waals surface area contributed by atoms with Crippen LogP contribution in [-0.4, -0.2) is 18.8 Å². The van der Waals surface area contributed by atoms with Gasteiger partial charge in [0.05, 0.1) is 6.61 Å². The van der Waals surface area contributed by atoms with E-state index in [0.29, 0.717) is 6.42 Å². The van der Waals surface area contributed by atoms with Crippen LogP contribution >= 0.6 is 0 Å². The van der Waals surface area contributed by atoms with E-state index in [4.69, 9.17) is 4.74 Å². The Morgan fingerprint density at radius 1 is 1.20 bits per heavy atom. The lowest BCUT2D eigenvalue weighted by molar-refractivity contribution is -0.264. The fourth-order valence-electron chi connectivity index (χ4n) is 2.05. The zero-order valence-electron chi connectivity index (χ0n) is 11.3. The minimum absolute atomic E-state index is 0.144. The molecule has 1 aliphatic heterocycles. The van der Waals surface area contributed by atoms with Gasteiger partial charge in [0.25, 0.3) is 0 Å². The lowest BCUT2D eigenvalue weighted by Gasteiger charge is -2.32. The number of hydrogen-bond donors (Lipinski definition) is 0. The number of rotatable bonds is 3. The van der Waals surface area contributed by atoms with Crippen LogP contribution in [0.4, 0.5) is 17.6 Å². The first-order valence-corrected chi connectivity index (χ1v) is 6.43.